The van der Waals surface area contributed by atoms with Gasteiger partial charge in [-0.2, -0.15) is 0 Å². The highest BCUT2D eigenvalue weighted by Crippen LogP contribution is 2.28. The molecule has 1 fully saturated rings. The summed E-state index contributed by atoms with van der Waals surface area (Å²) >= 11 is 6.38. The third-order valence-corrected chi connectivity index (χ3v) is 4.04. The summed E-state index contributed by atoms with van der Waals surface area (Å²) in [5, 5.41) is 0.714. The van der Waals surface area contributed by atoms with Gasteiger partial charge in [0.15, 0.2) is 0 Å². The highest BCUT2D eigenvalue weighted by atomic mass is 35.5. The average molecular weight is 283 g/mol. The molecule has 2 N–H and O–H groups in total. The number of anilines is 1. The Bertz CT molecular complexity index is 424. The molecule has 4 nitrogen and oxygen atoms in total. The molecule has 0 radical (unpaired) electrons. The van der Waals surface area contributed by atoms with Crippen molar-refractivity contribution < 1.29 is 0 Å². The summed E-state index contributed by atoms with van der Waals surface area (Å²) in [6.07, 6.45) is 4.08. The van der Waals surface area contributed by atoms with Crippen LogP contribution in [0.15, 0.2) is 12.3 Å². The number of aromatic nitrogens is 1. The van der Waals surface area contributed by atoms with Crippen molar-refractivity contribution in [1.82, 2.24) is 9.88 Å². The lowest BCUT2D eigenvalue weighted by molar-refractivity contribution is 0.327. The molecule has 19 heavy (non-hydrogen) atoms. The molecule has 5 heteroatoms. The topological polar surface area (TPSA) is 45.4 Å². The lowest BCUT2D eigenvalue weighted by atomic mass is 10.1. The van der Waals surface area contributed by atoms with E-state index in [2.05, 4.69) is 28.8 Å². The fraction of sp³-hybridized carbons (Fsp3) is 0.643. The molecule has 2 heterocycles. The standard InChI is InChI=1S/C14H23ClN4/c1-3-12-10-18(2)5-4-6-19(12)14-13(15)7-11(8-16)9-17-14/h7,9,12H,3-6,8,10,16H2,1-2H3. The van der Waals surface area contributed by atoms with E-state index in [9.17, 15) is 0 Å². The van der Waals surface area contributed by atoms with Crippen molar-refractivity contribution in [3.8, 4) is 0 Å². The van der Waals surface area contributed by atoms with Gasteiger partial charge in [-0.3, -0.25) is 0 Å². The van der Waals surface area contributed by atoms with Gasteiger partial charge >= 0.3 is 0 Å². The molecule has 1 saturated heterocycles. The van der Waals surface area contributed by atoms with Crippen LogP contribution >= 0.6 is 11.6 Å². The number of halogens is 1. The Morgan fingerprint density at radius 2 is 2.26 bits per heavy atom. The Labute approximate surface area is 120 Å². The molecule has 106 valence electrons. The van der Waals surface area contributed by atoms with Gasteiger partial charge in [-0.25, -0.2) is 4.98 Å². The van der Waals surface area contributed by atoms with Crippen molar-refractivity contribution in [2.45, 2.75) is 32.4 Å². The van der Waals surface area contributed by atoms with Crippen LogP contribution in [0.5, 0.6) is 0 Å². The molecule has 1 atom stereocenters. The second-order valence-electron chi connectivity index (χ2n) is 5.22. The van der Waals surface area contributed by atoms with Gasteiger partial charge in [0.2, 0.25) is 0 Å². The molecule has 1 aromatic rings. The maximum absolute atomic E-state index is 6.38. The van der Waals surface area contributed by atoms with Gasteiger partial charge in [0, 0.05) is 31.9 Å². The van der Waals surface area contributed by atoms with Crippen molar-refractivity contribution in [3.05, 3.63) is 22.8 Å². The van der Waals surface area contributed by atoms with Crippen LogP contribution in [0.2, 0.25) is 5.02 Å². The van der Waals surface area contributed by atoms with Crippen LogP contribution in [0.1, 0.15) is 25.3 Å². The largest absolute Gasteiger partial charge is 0.351 e. The third-order valence-electron chi connectivity index (χ3n) is 3.76. The van der Waals surface area contributed by atoms with Crippen LogP contribution in [0.3, 0.4) is 0 Å². The van der Waals surface area contributed by atoms with E-state index < -0.39 is 0 Å². The van der Waals surface area contributed by atoms with Gasteiger partial charge in [0.1, 0.15) is 5.82 Å². The summed E-state index contributed by atoms with van der Waals surface area (Å²) in [4.78, 5) is 9.27. The van der Waals surface area contributed by atoms with Crippen LogP contribution < -0.4 is 10.6 Å². The Balaban J connectivity index is 2.27. The van der Waals surface area contributed by atoms with Gasteiger partial charge in [-0.1, -0.05) is 18.5 Å². The van der Waals surface area contributed by atoms with Crippen molar-refractivity contribution in [1.29, 1.82) is 0 Å². The van der Waals surface area contributed by atoms with E-state index in [4.69, 9.17) is 17.3 Å². The smallest absolute Gasteiger partial charge is 0.147 e. The van der Waals surface area contributed by atoms with Crippen LogP contribution in [-0.2, 0) is 6.54 Å². The summed E-state index contributed by atoms with van der Waals surface area (Å²) in [6.45, 7) is 5.90. The molecular weight excluding hydrogens is 260 g/mol. The van der Waals surface area contributed by atoms with E-state index in [1.807, 2.05) is 12.3 Å². The average Bonchev–Trinajstić information content (AvgIpc) is 2.60. The maximum Gasteiger partial charge on any atom is 0.147 e. The quantitative estimate of drug-likeness (QED) is 0.922. The van der Waals surface area contributed by atoms with Crippen LogP contribution in [-0.4, -0.2) is 42.6 Å². The molecule has 2 rings (SSSR count). The normalized spacial score (nSPS) is 21.5. The summed E-state index contributed by atoms with van der Waals surface area (Å²) < 4.78 is 0. The van der Waals surface area contributed by atoms with E-state index in [1.165, 1.54) is 0 Å². The molecule has 0 aromatic carbocycles. The highest BCUT2D eigenvalue weighted by molar-refractivity contribution is 6.33. The van der Waals surface area contributed by atoms with Crippen molar-refractivity contribution in [2.24, 2.45) is 5.73 Å². The molecule has 0 spiro atoms. The summed E-state index contributed by atoms with van der Waals surface area (Å²) in [7, 11) is 2.18. The monoisotopic (exact) mass is 282 g/mol. The lowest BCUT2D eigenvalue weighted by Crippen LogP contribution is -2.40. The first-order valence-electron chi connectivity index (χ1n) is 6.95. The highest BCUT2D eigenvalue weighted by Gasteiger charge is 2.24. The van der Waals surface area contributed by atoms with Crippen LogP contribution in [0, 0.1) is 0 Å². The van der Waals surface area contributed by atoms with Crippen LogP contribution in [0.4, 0.5) is 5.82 Å². The van der Waals surface area contributed by atoms with Gasteiger partial charge in [-0.15, -0.1) is 0 Å². The zero-order valence-corrected chi connectivity index (χ0v) is 12.5. The number of hydrogen-bond donors (Lipinski definition) is 1. The Morgan fingerprint density at radius 3 is 2.89 bits per heavy atom. The minimum atomic E-state index is 0.473. The van der Waals surface area contributed by atoms with Gasteiger partial charge in [0.05, 0.1) is 5.02 Å². The molecule has 0 bridgehead atoms. The number of pyridine rings is 1. The second-order valence-corrected chi connectivity index (χ2v) is 5.63. The lowest BCUT2D eigenvalue weighted by Gasteiger charge is -2.31. The first-order chi connectivity index (χ1) is 9.15. The predicted octanol–water partition coefficient (Wildman–Crippen LogP) is 2.11. The SMILES string of the molecule is CCC1CN(C)CCCN1c1ncc(CN)cc1Cl. The van der Waals surface area contributed by atoms with E-state index in [-0.39, 0.29) is 0 Å². The molecule has 1 aromatic heterocycles. The van der Waals surface area contributed by atoms with E-state index in [1.54, 1.807) is 0 Å². The molecule has 0 saturated carbocycles. The fourth-order valence-electron chi connectivity index (χ4n) is 2.66. The second kappa shape index (κ2) is 6.55. The predicted molar refractivity (Wildman–Crippen MR) is 80.7 cm³/mol. The summed E-state index contributed by atoms with van der Waals surface area (Å²) in [6, 6.07) is 2.41. The van der Waals surface area contributed by atoms with Gasteiger partial charge in [-0.05, 0) is 38.1 Å². The fourth-order valence-corrected chi connectivity index (χ4v) is 2.96. The maximum atomic E-state index is 6.38. The number of rotatable bonds is 3. The zero-order chi connectivity index (χ0) is 13.8. The van der Waals surface area contributed by atoms with E-state index in [0.717, 1.165) is 43.9 Å². The summed E-state index contributed by atoms with van der Waals surface area (Å²) in [5.41, 5.74) is 6.61. The third kappa shape index (κ3) is 3.38. The summed E-state index contributed by atoms with van der Waals surface area (Å²) in [5.74, 6) is 0.904. The Hall–Kier alpha value is -0.840. The molecule has 1 aliphatic heterocycles. The minimum absolute atomic E-state index is 0.473. The van der Waals surface area contributed by atoms with Crippen molar-refractivity contribution >= 4 is 17.4 Å². The van der Waals surface area contributed by atoms with Crippen LogP contribution in [0.25, 0.3) is 0 Å². The number of hydrogen-bond acceptors (Lipinski definition) is 4. The molecule has 0 aliphatic carbocycles. The molecular formula is C14H23ClN4. The molecule has 0 amide bonds. The zero-order valence-electron chi connectivity index (χ0n) is 11.8. The van der Waals surface area contributed by atoms with Crippen molar-refractivity contribution in [2.75, 3.05) is 31.6 Å². The van der Waals surface area contributed by atoms with E-state index in [0.29, 0.717) is 17.6 Å². The molecule has 1 unspecified atom stereocenters. The Morgan fingerprint density at radius 1 is 1.47 bits per heavy atom. The first kappa shape index (κ1) is 14.6. The van der Waals surface area contributed by atoms with Gasteiger partial charge < -0.3 is 15.5 Å². The van der Waals surface area contributed by atoms with Gasteiger partial charge in [0.25, 0.3) is 0 Å². The molecule has 1 aliphatic rings. The van der Waals surface area contributed by atoms with Crippen molar-refractivity contribution in [3.63, 3.8) is 0 Å². The number of nitrogens with zero attached hydrogens (tertiary/aromatic N) is 3. The number of likely N-dealkylation sites (N-methyl/N-ethyl adjacent to an activating group) is 1. The first-order valence-corrected chi connectivity index (χ1v) is 7.33. The minimum Gasteiger partial charge on any atom is -0.351 e. The number of nitrogens with two attached hydrogens (primary N) is 1. The Kier molecular flexibility index (Phi) is 5.02. The van der Waals surface area contributed by atoms with E-state index >= 15 is 0 Å².